The van der Waals surface area contributed by atoms with Crippen molar-refractivity contribution in [1.29, 1.82) is 0 Å². The molecule has 4 saturated heterocycles. The summed E-state index contributed by atoms with van der Waals surface area (Å²) in [5.74, 6) is 0.0947. The molecule has 2 aromatic rings. The number of piperidine rings is 3. The van der Waals surface area contributed by atoms with E-state index < -0.39 is 5.41 Å². The molecule has 0 aliphatic carbocycles. The van der Waals surface area contributed by atoms with Gasteiger partial charge in [-0.1, -0.05) is 29.8 Å². The Morgan fingerprint density at radius 2 is 2.19 bits per heavy atom. The van der Waals surface area contributed by atoms with Crippen LogP contribution in [0.1, 0.15) is 36.7 Å². The minimum absolute atomic E-state index is 0.0655. The van der Waals surface area contributed by atoms with Gasteiger partial charge >= 0.3 is 5.97 Å². The first kappa shape index (κ1) is 15.9. The standard InChI is InChI=1S/C22H24N2O3/c1-4-12-10-24-16-9-14(12)22(21(25)26-3)11-27-19(20(22)24)17-13-7-5-6-8-15(13)23(2)18(16)17/h4-8,14,16,19-20H,9-11H2,1-3H3/t14-,16-,19+,20-,22+/m0/s1. The molecule has 1 aromatic carbocycles. The van der Waals surface area contributed by atoms with Gasteiger partial charge in [-0.05, 0) is 19.4 Å². The first-order valence-electron chi connectivity index (χ1n) is 9.81. The fraction of sp³-hybridized carbons (Fsp3) is 0.500. The van der Waals surface area contributed by atoms with Crippen molar-refractivity contribution >= 4 is 16.9 Å². The van der Waals surface area contributed by atoms with Gasteiger partial charge in [0.1, 0.15) is 11.5 Å². The molecule has 6 atom stereocenters. The molecule has 5 aliphatic heterocycles. The predicted octanol–water partition coefficient (Wildman–Crippen LogP) is 3.11. The molecule has 5 aliphatic rings. The summed E-state index contributed by atoms with van der Waals surface area (Å²) < 4.78 is 14.2. The monoisotopic (exact) mass is 364 g/mol. The Morgan fingerprint density at radius 3 is 2.96 bits per heavy atom. The van der Waals surface area contributed by atoms with Crippen LogP contribution in [0.5, 0.6) is 0 Å². The molecule has 5 heteroatoms. The van der Waals surface area contributed by atoms with Crippen LogP contribution in [0.15, 0.2) is 35.9 Å². The Bertz CT molecular complexity index is 1020. The molecule has 7 rings (SSSR count). The first-order valence-corrected chi connectivity index (χ1v) is 9.81. The molecule has 5 nitrogen and oxygen atoms in total. The molecule has 0 spiro atoms. The van der Waals surface area contributed by atoms with E-state index in [0.717, 1.165) is 13.0 Å². The molecular formula is C22H24N2O3. The van der Waals surface area contributed by atoms with E-state index in [1.54, 1.807) is 0 Å². The summed E-state index contributed by atoms with van der Waals surface area (Å²) in [5, 5.41) is 1.26. The molecule has 0 amide bonds. The number of para-hydroxylation sites is 1. The van der Waals surface area contributed by atoms with E-state index in [9.17, 15) is 4.79 Å². The van der Waals surface area contributed by atoms with Crippen LogP contribution in [-0.2, 0) is 21.3 Å². The van der Waals surface area contributed by atoms with Gasteiger partial charge in [0.05, 0.1) is 25.8 Å². The van der Waals surface area contributed by atoms with E-state index in [1.165, 1.54) is 34.8 Å². The second-order valence-corrected chi connectivity index (χ2v) is 8.42. The number of methoxy groups -OCH3 is 1. The van der Waals surface area contributed by atoms with E-state index in [-0.39, 0.29) is 24.0 Å². The molecule has 0 saturated carbocycles. The number of esters is 1. The summed E-state index contributed by atoms with van der Waals surface area (Å²) in [4.78, 5) is 15.7. The Kier molecular flexibility index (Phi) is 2.96. The highest BCUT2D eigenvalue weighted by Crippen LogP contribution is 2.66. The smallest absolute Gasteiger partial charge is 0.316 e. The zero-order valence-electron chi connectivity index (χ0n) is 15.9. The lowest BCUT2D eigenvalue weighted by Gasteiger charge is -2.60. The second-order valence-electron chi connectivity index (χ2n) is 8.42. The maximum absolute atomic E-state index is 13.1. The summed E-state index contributed by atoms with van der Waals surface area (Å²) in [7, 11) is 3.69. The number of carbonyl (C=O) groups excluding carboxylic acids is 1. The lowest BCUT2D eigenvalue weighted by Crippen LogP contribution is -2.67. The third kappa shape index (κ3) is 1.59. The summed E-state index contributed by atoms with van der Waals surface area (Å²) in [6.45, 7) is 3.46. The number of benzene rings is 1. The zero-order chi connectivity index (χ0) is 18.5. The SMILES string of the molecule is CC=C1CN2[C@H]3[C@@H]4OC[C@@]3(C(=O)OC)[C@H]1C[C@H]2c1c4c2ccccc2n1C. The minimum atomic E-state index is -0.579. The van der Waals surface area contributed by atoms with E-state index in [4.69, 9.17) is 9.47 Å². The van der Waals surface area contributed by atoms with Gasteiger partial charge in [0, 0.05) is 41.7 Å². The normalized spacial score (nSPS) is 39.8. The van der Waals surface area contributed by atoms with Crippen molar-refractivity contribution < 1.29 is 14.3 Å². The fourth-order valence-electron chi connectivity index (χ4n) is 6.68. The van der Waals surface area contributed by atoms with Gasteiger partial charge in [0.25, 0.3) is 0 Å². The quantitative estimate of drug-likeness (QED) is 0.576. The third-order valence-electron chi connectivity index (χ3n) is 7.70. The minimum Gasteiger partial charge on any atom is -0.468 e. The maximum Gasteiger partial charge on any atom is 0.316 e. The van der Waals surface area contributed by atoms with Gasteiger partial charge in [-0.3, -0.25) is 9.69 Å². The number of nitrogens with zero attached hydrogens (tertiary/aromatic N) is 2. The lowest BCUT2D eigenvalue weighted by atomic mass is 9.56. The van der Waals surface area contributed by atoms with Crippen LogP contribution in [0, 0.1) is 11.3 Å². The number of rotatable bonds is 1. The summed E-state index contributed by atoms with van der Waals surface area (Å²) in [6.07, 6.45) is 3.09. The average molecular weight is 364 g/mol. The highest BCUT2D eigenvalue weighted by Gasteiger charge is 2.71. The van der Waals surface area contributed by atoms with E-state index in [0.29, 0.717) is 12.6 Å². The summed E-state index contributed by atoms with van der Waals surface area (Å²) >= 11 is 0. The van der Waals surface area contributed by atoms with Gasteiger partial charge in [0.15, 0.2) is 0 Å². The second kappa shape index (κ2) is 5.03. The van der Waals surface area contributed by atoms with Gasteiger partial charge in [-0.15, -0.1) is 0 Å². The number of fused-ring (bicyclic) bond motifs is 5. The van der Waals surface area contributed by atoms with Crippen molar-refractivity contribution in [2.24, 2.45) is 18.4 Å². The van der Waals surface area contributed by atoms with Crippen LogP contribution < -0.4 is 0 Å². The van der Waals surface area contributed by atoms with Crippen LogP contribution in [0.3, 0.4) is 0 Å². The molecule has 4 bridgehead atoms. The number of carbonyl (C=O) groups is 1. The molecule has 6 heterocycles. The number of hydrogen-bond donors (Lipinski definition) is 0. The molecule has 4 fully saturated rings. The molecule has 0 radical (unpaired) electrons. The highest BCUT2D eigenvalue weighted by molar-refractivity contribution is 5.88. The maximum atomic E-state index is 13.1. The van der Waals surface area contributed by atoms with Crippen molar-refractivity contribution in [2.75, 3.05) is 20.3 Å². The molecule has 140 valence electrons. The Labute approximate surface area is 158 Å². The van der Waals surface area contributed by atoms with Gasteiger partial charge in [-0.25, -0.2) is 0 Å². The molecular weight excluding hydrogens is 340 g/mol. The van der Waals surface area contributed by atoms with Crippen molar-refractivity contribution in [3.05, 3.63) is 47.2 Å². The van der Waals surface area contributed by atoms with Crippen molar-refractivity contribution in [1.82, 2.24) is 9.47 Å². The molecule has 1 aromatic heterocycles. The Morgan fingerprint density at radius 1 is 1.37 bits per heavy atom. The van der Waals surface area contributed by atoms with E-state index in [1.807, 2.05) is 0 Å². The zero-order valence-corrected chi connectivity index (χ0v) is 15.9. The number of allylic oxidation sites excluding steroid dienone is 1. The molecule has 27 heavy (non-hydrogen) atoms. The number of ether oxygens (including phenoxy) is 2. The Balaban J connectivity index is 1.66. The summed E-state index contributed by atoms with van der Waals surface area (Å²) in [5.41, 5.74) is 4.70. The van der Waals surface area contributed by atoms with E-state index in [2.05, 4.69) is 53.8 Å². The van der Waals surface area contributed by atoms with Gasteiger partial charge < -0.3 is 14.0 Å². The van der Waals surface area contributed by atoms with Crippen molar-refractivity contribution in [3.8, 4) is 0 Å². The predicted molar refractivity (Wildman–Crippen MR) is 101 cm³/mol. The number of aryl methyl sites for hydroxylation is 1. The largest absolute Gasteiger partial charge is 0.468 e. The highest BCUT2D eigenvalue weighted by atomic mass is 16.5. The summed E-state index contributed by atoms with van der Waals surface area (Å²) in [6, 6.07) is 8.98. The van der Waals surface area contributed by atoms with Crippen LogP contribution in [0.4, 0.5) is 0 Å². The van der Waals surface area contributed by atoms with Crippen molar-refractivity contribution in [3.63, 3.8) is 0 Å². The van der Waals surface area contributed by atoms with E-state index >= 15 is 0 Å². The van der Waals surface area contributed by atoms with Crippen LogP contribution >= 0.6 is 0 Å². The fourth-order valence-corrected chi connectivity index (χ4v) is 6.68. The lowest BCUT2D eigenvalue weighted by molar-refractivity contribution is -0.171. The van der Waals surface area contributed by atoms with Gasteiger partial charge in [-0.2, -0.15) is 0 Å². The first-order chi connectivity index (χ1) is 13.1. The topological polar surface area (TPSA) is 43.7 Å². The van der Waals surface area contributed by atoms with Gasteiger partial charge in [0.2, 0.25) is 0 Å². The number of aromatic nitrogens is 1. The molecule has 1 unspecified atom stereocenters. The third-order valence-corrected chi connectivity index (χ3v) is 7.70. The van der Waals surface area contributed by atoms with Crippen LogP contribution in [-0.4, -0.2) is 41.7 Å². The number of hydrogen-bond acceptors (Lipinski definition) is 4. The Hall–Kier alpha value is -2.11. The molecule has 0 N–H and O–H groups in total. The average Bonchev–Trinajstić information content (AvgIpc) is 3.27. The van der Waals surface area contributed by atoms with Crippen molar-refractivity contribution in [2.45, 2.75) is 31.5 Å². The van der Waals surface area contributed by atoms with Crippen LogP contribution in [0.25, 0.3) is 10.9 Å². The van der Waals surface area contributed by atoms with Crippen LogP contribution in [0.2, 0.25) is 0 Å².